The quantitative estimate of drug-likeness (QED) is 0.371. The number of carbonyl (C=O) groups excluding carboxylic acids is 2. The van der Waals surface area contributed by atoms with Crippen molar-refractivity contribution in [3.8, 4) is 0 Å². The molecule has 1 aromatic heterocycles. The zero-order valence-electron chi connectivity index (χ0n) is 16.3. The highest BCUT2D eigenvalue weighted by atomic mass is 32.2. The first-order valence-corrected chi connectivity index (χ1v) is 11.3. The van der Waals surface area contributed by atoms with E-state index in [1.54, 1.807) is 31.3 Å². The van der Waals surface area contributed by atoms with E-state index < -0.39 is 35.2 Å². The molecule has 0 saturated carbocycles. The summed E-state index contributed by atoms with van der Waals surface area (Å²) in [5.74, 6) is -1.40. The number of nitrogens with two attached hydrogens (primary N) is 1. The maximum atomic E-state index is 12.8. The normalized spacial score (nSPS) is 21.4. The zero-order valence-corrected chi connectivity index (χ0v) is 18.0. The molecule has 0 aliphatic carbocycles. The monoisotopic (exact) mass is 461 g/mol. The van der Waals surface area contributed by atoms with Gasteiger partial charge < -0.3 is 16.2 Å². The minimum Gasteiger partial charge on any atom is -0.477 e. The molecule has 0 spiro atoms. The highest BCUT2D eigenvalue weighted by Gasteiger charge is 2.54. The van der Waals surface area contributed by atoms with Crippen LogP contribution in [-0.4, -0.2) is 70.9 Å². The molecule has 1 aromatic carbocycles. The number of amides is 2. The van der Waals surface area contributed by atoms with E-state index in [1.165, 1.54) is 33.1 Å². The number of aliphatic carboxylic acids is 1. The summed E-state index contributed by atoms with van der Waals surface area (Å²) in [7, 11) is 1.69. The van der Waals surface area contributed by atoms with Crippen LogP contribution in [0.25, 0.3) is 0 Å². The molecule has 2 aliphatic rings. The van der Waals surface area contributed by atoms with Crippen LogP contribution in [0.2, 0.25) is 0 Å². The number of carbonyl (C=O) groups is 3. The smallest absolute Gasteiger partial charge is 0.352 e. The third-order valence-electron chi connectivity index (χ3n) is 4.95. The molecule has 1 fully saturated rings. The number of nitrogens with zero attached hydrogens (tertiary/aromatic N) is 5. The number of tetrazole rings is 1. The van der Waals surface area contributed by atoms with E-state index in [4.69, 9.17) is 5.73 Å². The molecule has 3 heterocycles. The minimum absolute atomic E-state index is 0.0470. The standard InChI is InChI=1S/C18H19N7O4S2/c1-24-18(21-22-23-24)31-8-10-7-30-16-12(15(27)25(16)13(10)17(28)29)20-14(26)11(19)9-5-3-2-4-6-9/h2-6,11-12,16H,7-8,19H2,1H3,(H,20,26)(H,28,29)/t11?,12-,16-/m1/s1. The van der Waals surface area contributed by atoms with E-state index in [0.29, 0.717) is 27.8 Å². The van der Waals surface area contributed by atoms with E-state index >= 15 is 0 Å². The van der Waals surface area contributed by atoms with Gasteiger partial charge in [0.2, 0.25) is 11.1 Å². The van der Waals surface area contributed by atoms with Gasteiger partial charge in [-0.05, 0) is 21.6 Å². The Morgan fingerprint density at radius 3 is 2.77 bits per heavy atom. The lowest BCUT2D eigenvalue weighted by molar-refractivity contribution is -0.150. The lowest BCUT2D eigenvalue weighted by Crippen LogP contribution is -2.71. The average molecular weight is 462 g/mol. The number of β-lactam (4-membered cyclic amide) rings is 1. The van der Waals surface area contributed by atoms with E-state index in [-0.39, 0.29) is 5.70 Å². The number of carboxylic acids is 1. The molecular weight excluding hydrogens is 442 g/mol. The van der Waals surface area contributed by atoms with Crippen molar-refractivity contribution in [2.75, 3.05) is 11.5 Å². The van der Waals surface area contributed by atoms with E-state index in [2.05, 4.69) is 20.8 Å². The molecule has 4 rings (SSSR count). The fourth-order valence-electron chi connectivity index (χ4n) is 3.34. The third-order valence-corrected chi connectivity index (χ3v) is 7.38. The average Bonchev–Trinajstić information content (AvgIpc) is 3.19. The molecule has 2 aliphatic heterocycles. The lowest BCUT2D eigenvalue weighted by Gasteiger charge is -2.49. The maximum absolute atomic E-state index is 12.8. The van der Waals surface area contributed by atoms with Crippen LogP contribution < -0.4 is 11.1 Å². The van der Waals surface area contributed by atoms with Crippen molar-refractivity contribution in [3.05, 3.63) is 47.2 Å². The second-order valence-corrected chi connectivity index (χ2v) is 8.96. The Morgan fingerprint density at radius 2 is 2.13 bits per heavy atom. The van der Waals surface area contributed by atoms with Gasteiger partial charge >= 0.3 is 5.97 Å². The number of aryl methyl sites for hydroxylation is 1. The van der Waals surface area contributed by atoms with Crippen LogP contribution in [-0.2, 0) is 21.4 Å². The molecule has 0 radical (unpaired) electrons. The first-order chi connectivity index (χ1) is 14.9. The number of fused-ring (bicyclic) bond motifs is 1. The van der Waals surface area contributed by atoms with Crippen LogP contribution in [0.5, 0.6) is 0 Å². The molecule has 31 heavy (non-hydrogen) atoms. The van der Waals surface area contributed by atoms with Gasteiger partial charge in [0.25, 0.3) is 5.91 Å². The molecule has 11 nitrogen and oxygen atoms in total. The molecule has 4 N–H and O–H groups in total. The van der Waals surface area contributed by atoms with Crippen LogP contribution in [0.1, 0.15) is 11.6 Å². The molecule has 3 atom stereocenters. The fourth-order valence-corrected chi connectivity index (χ4v) is 5.68. The fraction of sp³-hybridized carbons (Fsp3) is 0.333. The van der Waals surface area contributed by atoms with Crippen molar-refractivity contribution in [1.29, 1.82) is 0 Å². The van der Waals surface area contributed by atoms with E-state index in [9.17, 15) is 19.5 Å². The summed E-state index contributed by atoms with van der Waals surface area (Å²) in [6, 6.07) is 7.09. The number of aromatic nitrogens is 4. The van der Waals surface area contributed by atoms with Gasteiger partial charge in [-0.25, -0.2) is 9.48 Å². The highest BCUT2D eigenvalue weighted by molar-refractivity contribution is 8.01. The molecule has 0 bridgehead atoms. The van der Waals surface area contributed by atoms with Crippen molar-refractivity contribution in [2.24, 2.45) is 12.8 Å². The lowest BCUT2D eigenvalue weighted by atomic mass is 10.0. The van der Waals surface area contributed by atoms with Crippen molar-refractivity contribution in [3.63, 3.8) is 0 Å². The largest absolute Gasteiger partial charge is 0.477 e. The number of hydrogen-bond acceptors (Lipinski definition) is 9. The first kappa shape index (κ1) is 21.3. The summed E-state index contributed by atoms with van der Waals surface area (Å²) in [5, 5.41) is 23.6. The molecule has 1 saturated heterocycles. The summed E-state index contributed by atoms with van der Waals surface area (Å²) in [6.45, 7) is 0. The minimum atomic E-state index is -1.18. The SMILES string of the molecule is Cn1nnnc1SCC1=C(C(=O)O)N2C(=O)[C@@H](NC(=O)C(N)c3ccccc3)[C@H]2SC1. The van der Waals surface area contributed by atoms with Gasteiger partial charge in [-0.15, -0.1) is 16.9 Å². The van der Waals surface area contributed by atoms with Gasteiger partial charge in [0, 0.05) is 18.6 Å². The van der Waals surface area contributed by atoms with Crippen LogP contribution >= 0.6 is 23.5 Å². The van der Waals surface area contributed by atoms with Gasteiger partial charge in [-0.2, -0.15) is 0 Å². The van der Waals surface area contributed by atoms with Crippen LogP contribution in [0.4, 0.5) is 0 Å². The number of benzene rings is 1. The molecule has 2 aromatic rings. The van der Waals surface area contributed by atoms with Gasteiger partial charge in [-0.3, -0.25) is 14.5 Å². The number of nitrogens with one attached hydrogen (secondary N) is 1. The van der Waals surface area contributed by atoms with E-state index in [1.807, 2.05) is 6.07 Å². The van der Waals surface area contributed by atoms with E-state index in [0.717, 1.165) is 0 Å². The zero-order chi connectivity index (χ0) is 22.1. The summed E-state index contributed by atoms with van der Waals surface area (Å²) < 4.78 is 1.49. The molecule has 2 amide bonds. The van der Waals surface area contributed by atoms with Crippen molar-refractivity contribution >= 4 is 41.3 Å². The number of hydrogen-bond donors (Lipinski definition) is 3. The van der Waals surface area contributed by atoms with Crippen molar-refractivity contribution in [1.82, 2.24) is 30.4 Å². The second-order valence-electron chi connectivity index (χ2n) is 6.92. The summed E-state index contributed by atoms with van der Waals surface area (Å²) in [4.78, 5) is 38.5. The first-order valence-electron chi connectivity index (χ1n) is 9.24. The van der Waals surface area contributed by atoms with Gasteiger partial charge in [0.05, 0.1) is 0 Å². The molecule has 162 valence electrons. The highest BCUT2D eigenvalue weighted by Crippen LogP contribution is 2.41. The Balaban J connectivity index is 1.46. The molecule has 1 unspecified atom stereocenters. The number of rotatable bonds is 7. The summed E-state index contributed by atoms with van der Waals surface area (Å²) in [6.07, 6.45) is 0. The Morgan fingerprint density at radius 1 is 1.39 bits per heavy atom. The maximum Gasteiger partial charge on any atom is 0.352 e. The Hall–Kier alpha value is -2.90. The predicted molar refractivity (Wildman–Crippen MR) is 113 cm³/mol. The summed E-state index contributed by atoms with van der Waals surface area (Å²) >= 11 is 2.69. The van der Waals surface area contributed by atoms with Crippen LogP contribution in [0.3, 0.4) is 0 Å². The number of thioether (sulfide) groups is 2. The van der Waals surface area contributed by atoms with Gasteiger partial charge in [0.15, 0.2) is 0 Å². The topological polar surface area (TPSA) is 156 Å². The van der Waals surface area contributed by atoms with Crippen molar-refractivity contribution < 1.29 is 19.5 Å². The van der Waals surface area contributed by atoms with Crippen LogP contribution in [0.15, 0.2) is 46.8 Å². The van der Waals surface area contributed by atoms with Gasteiger partial charge in [0.1, 0.15) is 23.2 Å². The third kappa shape index (κ3) is 4.03. The second kappa shape index (κ2) is 8.69. The predicted octanol–water partition coefficient (Wildman–Crippen LogP) is -0.259. The summed E-state index contributed by atoms with van der Waals surface area (Å²) in [5.41, 5.74) is 7.19. The van der Waals surface area contributed by atoms with Crippen molar-refractivity contribution in [2.45, 2.75) is 22.6 Å². The van der Waals surface area contributed by atoms with Crippen LogP contribution in [0, 0.1) is 0 Å². The Bertz CT molecular complexity index is 1060. The molecule has 13 heteroatoms. The molecular formula is C18H19N7O4S2. The Kier molecular flexibility index (Phi) is 5.98. The van der Waals surface area contributed by atoms with Gasteiger partial charge in [-0.1, -0.05) is 42.1 Å². The number of carboxylic acid groups (broad SMARTS) is 1. The Labute approximate surface area is 185 Å².